The zero-order valence-corrected chi connectivity index (χ0v) is 5.89. The zero-order valence-electron chi connectivity index (χ0n) is 5.89. The molecule has 0 amide bonds. The molecule has 0 fully saturated rings. The topological polar surface area (TPSA) is 52.3 Å². The summed E-state index contributed by atoms with van der Waals surface area (Å²) in [5.41, 5.74) is -0.736. The Morgan fingerprint density at radius 2 is 2.00 bits per heavy atom. The van der Waals surface area contributed by atoms with Crippen LogP contribution in [0, 0.1) is 0 Å². The van der Waals surface area contributed by atoms with Crippen LogP contribution >= 0.6 is 0 Å². The Kier molecular flexibility index (Phi) is 3.42. The molecule has 0 radical (unpaired) electrons. The summed E-state index contributed by atoms with van der Waals surface area (Å²) in [7, 11) is 0. The van der Waals surface area contributed by atoms with Crippen molar-refractivity contribution in [2.24, 2.45) is 5.90 Å². The van der Waals surface area contributed by atoms with Crippen molar-refractivity contribution < 1.29 is 9.63 Å². The Morgan fingerprint density at radius 1 is 1.56 bits per heavy atom. The number of rotatable bonds is 4. The minimum absolute atomic E-state index is 0.628. The molecule has 0 spiro atoms. The first-order valence-corrected chi connectivity index (χ1v) is 3.09. The third-order valence-corrected chi connectivity index (χ3v) is 1.65. The summed E-state index contributed by atoms with van der Waals surface area (Å²) >= 11 is 0. The van der Waals surface area contributed by atoms with E-state index in [1.165, 1.54) is 0 Å². The highest BCUT2D eigenvalue weighted by Crippen LogP contribution is 2.13. The average Bonchev–Trinajstić information content (AvgIpc) is 1.95. The Bertz CT molecular complexity index is 80.8. The predicted octanol–water partition coefficient (Wildman–Crippen LogP) is 0.634. The standard InChI is InChI=1S/C6H13NO2/c1-3-6(4-2,5-8)9-7/h5H,3-4,7H2,1-2H3. The molecule has 0 rings (SSSR count). The van der Waals surface area contributed by atoms with Crippen molar-refractivity contribution in [3.8, 4) is 0 Å². The minimum atomic E-state index is -0.736. The fourth-order valence-corrected chi connectivity index (χ4v) is 0.611. The molecule has 0 aromatic carbocycles. The van der Waals surface area contributed by atoms with E-state index >= 15 is 0 Å². The van der Waals surface area contributed by atoms with Crippen LogP contribution < -0.4 is 5.90 Å². The van der Waals surface area contributed by atoms with E-state index in [2.05, 4.69) is 4.84 Å². The highest BCUT2D eigenvalue weighted by atomic mass is 16.6. The van der Waals surface area contributed by atoms with Gasteiger partial charge in [0.25, 0.3) is 0 Å². The van der Waals surface area contributed by atoms with Crippen LogP contribution in [0.25, 0.3) is 0 Å². The molecule has 0 unspecified atom stereocenters. The molecule has 3 nitrogen and oxygen atoms in total. The Morgan fingerprint density at radius 3 is 2.00 bits per heavy atom. The van der Waals surface area contributed by atoms with Gasteiger partial charge in [-0.05, 0) is 12.8 Å². The molecule has 0 aliphatic heterocycles. The molecule has 54 valence electrons. The average molecular weight is 131 g/mol. The van der Waals surface area contributed by atoms with Gasteiger partial charge in [0.15, 0.2) is 6.29 Å². The normalized spacial score (nSPS) is 11.4. The van der Waals surface area contributed by atoms with Gasteiger partial charge in [0.1, 0.15) is 5.60 Å². The highest BCUT2D eigenvalue weighted by molar-refractivity contribution is 5.62. The van der Waals surface area contributed by atoms with E-state index in [1.54, 1.807) is 0 Å². The van der Waals surface area contributed by atoms with Gasteiger partial charge in [-0.1, -0.05) is 13.8 Å². The molecule has 0 aromatic rings. The number of hydrogen-bond donors (Lipinski definition) is 1. The quantitative estimate of drug-likeness (QED) is 0.450. The van der Waals surface area contributed by atoms with Crippen LogP contribution in [0.1, 0.15) is 26.7 Å². The second-order valence-corrected chi connectivity index (χ2v) is 2.01. The largest absolute Gasteiger partial charge is 0.300 e. The van der Waals surface area contributed by atoms with E-state index in [-0.39, 0.29) is 0 Å². The molecule has 0 saturated carbocycles. The van der Waals surface area contributed by atoms with Gasteiger partial charge in [-0.2, -0.15) is 0 Å². The number of aldehydes is 1. The van der Waals surface area contributed by atoms with Crippen molar-refractivity contribution in [2.75, 3.05) is 0 Å². The van der Waals surface area contributed by atoms with E-state index in [4.69, 9.17) is 5.90 Å². The third-order valence-electron chi connectivity index (χ3n) is 1.65. The van der Waals surface area contributed by atoms with E-state index in [9.17, 15) is 4.79 Å². The van der Waals surface area contributed by atoms with E-state index in [0.717, 1.165) is 6.29 Å². The summed E-state index contributed by atoms with van der Waals surface area (Å²) in [6.07, 6.45) is 2.01. The van der Waals surface area contributed by atoms with Gasteiger partial charge in [0.2, 0.25) is 0 Å². The molecule has 0 atom stereocenters. The second kappa shape index (κ2) is 3.58. The fourth-order valence-electron chi connectivity index (χ4n) is 0.611. The summed E-state index contributed by atoms with van der Waals surface area (Å²) < 4.78 is 0. The van der Waals surface area contributed by atoms with Crippen molar-refractivity contribution in [3.63, 3.8) is 0 Å². The van der Waals surface area contributed by atoms with E-state index in [0.29, 0.717) is 12.8 Å². The summed E-state index contributed by atoms with van der Waals surface area (Å²) in [5, 5.41) is 0. The van der Waals surface area contributed by atoms with Crippen LogP contribution in [-0.2, 0) is 9.63 Å². The van der Waals surface area contributed by atoms with Gasteiger partial charge in [-0.3, -0.25) is 4.84 Å². The van der Waals surface area contributed by atoms with Crippen LogP contribution in [0.2, 0.25) is 0 Å². The molecular formula is C6H13NO2. The number of nitrogens with two attached hydrogens (primary N) is 1. The van der Waals surface area contributed by atoms with Crippen molar-refractivity contribution in [2.45, 2.75) is 32.3 Å². The van der Waals surface area contributed by atoms with Crippen LogP contribution in [0.15, 0.2) is 0 Å². The zero-order chi connectivity index (χ0) is 7.33. The van der Waals surface area contributed by atoms with E-state index in [1.807, 2.05) is 13.8 Å². The smallest absolute Gasteiger partial charge is 0.153 e. The number of hydrogen-bond acceptors (Lipinski definition) is 3. The van der Waals surface area contributed by atoms with Gasteiger partial charge in [-0.15, -0.1) is 0 Å². The lowest BCUT2D eigenvalue weighted by Gasteiger charge is -2.20. The summed E-state index contributed by atoms with van der Waals surface area (Å²) in [4.78, 5) is 14.8. The molecule has 0 aliphatic carbocycles. The SMILES string of the molecule is CCC(C=O)(CC)ON. The fraction of sp³-hybridized carbons (Fsp3) is 0.833. The lowest BCUT2D eigenvalue weighted by atomic mass is 10.00. The molecule has 9 heavy (non-hydrogen) atoms. The second-order valence-electron chi connectivity index (χ2n) is 2.01. The number of carbonyl (C=O) groups excluding carboxylic acids is 1. The van der Waals surface area contributed by atoms with Gasteiger partial charge < -0.3 is 4.79 Å². The summed E-state index contributed by atoms with van der Waals surface area (Å²) in [6, 6.07) is 0. The molecule has 0 aliphatic rings. The van der Waals surface area contributed by atoms with Gasteiger partial charge in [0.05, 0.1) is 0 Å². The molecule has 0 bridgehead atoms. The molecule has 0 saturated heterocycles. The molecule has 0 heterocycles. The maximum Gasteiger partial charge on any atom is 0.153 e. The van der Waals surface area contributed by atoms with E-state index < -0.39 is 5.60 Å². The molecule has 2 N–H and O–H groups in total. The van der Waals surface area contributed by atoms with Crippen LogP contribution in [-0.4, -0.2) is 11.9 Å². The predicted molar refractivity (Wildman–Crippen MR) is 34.6 cm³/mol. The lowest BCUT2D eigenvalue weighted by Crippen LogP contribution is -2.35. The van der Waals surface area contributed by atoms with Crippen LogP contribution in [0.3, 0.4) is 0 Å². The summed E-state index contributed by atoms with van der Waals surface area (Å²) in [6.45, 7) is 3.73. The first kappa shape index (κ1) is 8.59. The Labute approximate surface area is 55.1 Å². The van der Waals surface area contributed by atoms with Gasteiger partial charge in [-0.25, -0.2) is 5.90 Å². The van der Waals surface area contributed by atoms with Crippen molar-refractivity contribution in [1.29, 1.82) is 0 Å². The molecule has 3 heteroatoms. The maximum atomic E-state index is 10.3. The Balaban J connectivity index is 3.98. The first-order chi connectivity index (χ1) is 4.24. The summed E-state index contributed by atoms with van der Waals surface area (Å²) in [5.74, 6) is 4.91. The van der Waals surface area contributed by atoms with Crippen molar-refractivity contribution in [1.82, 2.24) is 0 Å². The third kappa shape index (κ3) is 1.77. The van der Waals surface area contributed by atoms with Gasteiger partial charge >= 0.3 is 0 Å². The number of carbonyl (C=O) groups is 1. The van der Waals surface area contributed by atoms with Crippen LogP contribution in [0.5, 0.6) is 0 Å². The highest BCUT2D eigenvalue weighted by Gasteiger charge is 2.24. The van der Waals surface area contributed by atoms with Crippen LogP contribution in [0.4, 0.5) is 0 Å². The molecular weight excluding hydrogens is 118 g/mol. The van der Waals surface area contributed by atoms with Crippen molar-refractivity contribution >= 4 is 6.29 Å². The first-order valence-electron chi connectivity index (χ1n) is 3.09. The lowest BCUT2D eigenvalue weighted by molar-refractivity contribution is -0.133. The van der Waals surface area contributed by atoms with Crippen molar-refractivity contribution in [3.05, 3.63) is 0 Å². The Hall–Kier alpha value is -0.410. The maximum absolute atomic E-state index is 10.3. The van der Waals surface area contributed by atoms with Gasteiger partial charge in [0, 0.05) is 0 Å². The minimum Gasteiger partial charge on any atom is -0.300 e. The molecule has 0 aromatic heterocycles. The monoisotopic (exact) mass is 131 g/mol.